The van der Waals surface area contributed by atoms with Crippen molar-refractivity contribution >= 4 is 28.2 Å². The molecule has 0 aliphatic carbocycles. The first-order chi connectivity index (χ1) is 14.0. The summed E-state index contributed by atoms with van der Waals surface area (Å²) in [5, 5.41) is 21.1. The van der Waals surface area contributed by atoms with Crippen LogP contribution in [0.1, 0.15) is 25.8 Å². The van der Waals surface area contributed by atoms with Crippen molar-refractivity contribution in [2.24, 2.45) is 0 Å². The van der Waals surface area contributed by atoms with E-state index in [1.54, 1.807) is 50.2 Å². The molecule has 1 atom stereocenters. The quantitative estimate of drug-likeness (QED) is 0.465. The fraction of sp³-hybridized carbons (Fsp3) is 0.381. The van der Waals surface area contributed by atoms with Gasteiger partial charge < -0.3 is 15.2 Å². The van der Waals surface area contributed by atoms with Crippen LogP contribution in [-0.2, 0) is 5.41 Å². The van der Waals surface area contributed by atoms with Crippen LogP contribution in [0.4, 0.5) is 18.9 Å². The lowest BCUT2D eigenvalue weighted by Crippen LogP contribution is -2.53. The van der Waals surface area contributed by atoms with Crippen LogP contribution in [0, 0.1) is 0 Å². The zero-order chi connectivity index (χ0) is 22.2. The highest BCUT2D eigenvalue weighted by Crippen LogP contribution is 2.43. The molecule has 1 unspecified atom stereocenters. The number of H-pyrrole nitrogens is 1. The summed E-state index contributed by atoms with van der Waals surface area (Å²) in [6.45, 7) is 2.51. The molecular formula is C21H23ClF3N3O2. The molecule has 0 aliphatic rings. The van der Waals surface area contributed by atoms with Gasteiger partial charge in [-0.25, -0.2) is 0 Å². The molecule has 0 bridgehead atoms. The fourth-order valence-corrected chi connectivity index (χ4v) is 4.05. The molecule has 2 aromatic carbocycles. The normalized spacial score (nSPS) is 14.5. The minimum absolute atomic E-state index is 0.278. The van der Waals surface area contributed by atoms with E-state index in [0.717, 1.165) is 0 Å². The number of aromatic amines is 1. The third-order valence-corrected chi connectivity index (χ3v) is 5.54. The first kappa shape index (κ1) is 22.2. The number of halogens is 4. The summed E-state index contributed by atoms with van der Waals surface area (Å²) in [5.41, 5.74) is -2.45. The Labute approximate surface area is 177 Å². The number of rotatable bonds is 7. The van der Waals surface area contributed by atoms with Crippen LogP contribution >= 0.6 is 11.6 Å². The van der Waals surface area contributed by atoms with Crippen molar-refractivity contribution in [2.45, 2.75) is 37.5 Å². The maximum atomic E-state index is 14.0. The second-order valence-electron chi connectivity index (χ2n) is 7.93. The highest BCUT2D eigenvalue weighted by Gasteiger charge is 2.56. The number of alkyl halides is 3. The Balaban J connectivity index is 1.88. The van der Waals surface area contributed by atoms with Gasteiger partial charge in [-0.1, -0.05) is 37.6 Å². The van der Waals surface area contributed by atoms with Crippen LogP contribution in [-0.4, -0.2) is 40.7 Å². The van der Waals surface area contributed by atoms with Crippen molar-refractivity contribution < 1.29 is 23.0 Å². The Morgan fingerprint density at radius 3 is 2.57 bits per heavy atom. The van der Waals surface area contributed by atoms with Gasteiger partial charge in [0.2, 0.25) is 0 Å². The molecule has 9 heteroatoms. The predicted molar refractivity (Wildman–Crippen MR) is 111 cm³/mol. The standard InChI is InChI=1S/C21H23ClF3N3O2/c1-19(2,15-8-7-13(30-3)9-16(15)22)11-20(29,21(23,24)25)12-26-17-5-4-6-18-14(17)10-27-28-18/h4-10,26,29H,11-12H2,1-3H3,(H,27,28). The maximum Gasteiger partial charge on any atom is 0.418 e. The average molecular weight is 442 g/mol. The molecule has 3 rings (SSSR count). The lowest BCUT2D eigenvalue weighted by atomic mass is 9.74. The molecule has 5 nitrogen and oxygen atoms in total. The Hall–Kier alpha value is -2.45. The first-order valence-corrected chi connectivity index (χ1v) is 9.64. The Morgan fingerprint density at radius 2 is 1.93 bits per heavy atom. The molecule has 0 fully saturated rings. The molecule has 3 aromatic rings. The zero-order valence-electron chi connectivity index (χ0n) is 16.8. The minimum atomic E-state index is -4.86. The van der Waals surface area contributed by atoms with E-state index in [1.807, 2.05) is 0 Å². The highest BCUT2D eigenvalue weighted by atomic mass is 35.5. The fourth-order valence-electron chi connectivity index (χ4n) is 3.62. The average Bonchev–Trinajstić information content (AvgIpc) is 3.14. The third-order valence-electron chi connectivity index (χ3n) is 5.22. The van der Waals surface area contributed by atoms with E-state index in [0.29, 0.717) is 27.9 Å². The van der Waals surface area contributed by atoms with Crippen molar-refractivity contribution in [3.05, 3.63) is 53.2 Å². The van der Waals surface area contributed by atoms with Gasteiger partial charge in [0.1, 0.15) is 5.75 Å². The van der Waals surface area contributed by atoms with E-state index < -0.39 is 30.2 Å². The molecule has 1 heterocycles. The molecule has 162 valence electrons. The molecular weight excluding hydrogens is 419 g/mol. The summed E-state index contributed by atoms with van der Waals surface area (Å²) < 4.78 is 47.0. The van der Waals surface area contributed by atoms with Crippen molar-refractivity contribution in [1.82, 2.24) is 10.2 Å². The van der Waals surface area contributed by atoms with Crippen LogP contribution < -0.4 is 10.1 Å². The monoisotopic (exact) mass is 441 g/mol. The lowest BCUT2D eigenvalue weighted by Gasteiger charge is -2.38. The number of nitrogens with zero attached hydrogens (tertiary/aromatic N) is 1. The van der Waals surface area contributed by atoms with E-state index >= 15 is 0 Å². The van der Waals surface area contributed by atoms with Crippen LogP contribution in [0.2, 0.25) is 5.02 Å². The van der Waals surface area contributed by atoms with Gasteiger partial charge in [0.25, 0.3) is 0 Å². The van der Waals surface area contributed by atoms with Gasteiger partial charge in [-0.05, 0) is 41.7 Å². The van der Waals surface area contributed by atoms with Crippen molar-refractivity contribution in [3.63, 3.8) is 0 Å². The molecule has 0 aliphatic heterocycles. The largest absolute Gasteiger partial charge is 0.497 e. The Morgan fingerprint density at radius 1 is 1.20 bits per heavy atom. The van der Waals surface area contributed by atoms with Crippen molar-refractivity contribution in [2.75, 3.05) is 19.0 Å². The molecule has 3 N–H and O–H groups in total. The van der Waals surface area contributed by atoms with Crippen LogP contribution in [0.15, 0.2) is 42.6 Å². The zero-order valence-corrected chi connectivity index (χ0v) is 17.5. The first-order valence-electron chi connectivity index (χ1n) is 9.26. The SMILES string of the molecule is COc1ccc(C(C)(C)CC(O)(CNc2cccc3[nH]ncc23)C(F)(F)F)c(Cl)c1. The van der Waals surface area contributed by atoms with E-state index in [1.165, 1.54) is 13.3 Å². The minimum Gasteiger partial charge on any atom is -0.497 e. The second kappa shape index (κ2) is 8.00. The predicted octanol–water partition coefficient (Wildman–Crippen LogP) is 5.30. The number of fused-ring (bicyclic) bond motifs is 1. The van der Waals surface area contributed by atoms with Gasteiger partial charge in [-0.3, -0.25) is 5.10 Å². The number of ether oxygens (including phenoxy) is 1. The number of methoxy groups -OCH3 is 1. The van der Waals surface area contributed by atoms with Gasteiger partial charge in [0.15, 0.2) is 5.60 Å². The van der Waals surface area contributed by atoms with Crippen LogP contribution in [0.25, 0.3) is 10.9 Å². The van der Waals surface area contributed by atoms with Gasteiger partial charge in [0, 0.05) is 16.1 Å². The number of nitrogens with one attached hydrogen (secondary N) is 2. The summed E-state index contributed by atoms with van der Waals surface area (Å²) >= 11 is 6.29. The van der Waals surface area contributed by atoms with Gasteiger partial charge in [-0.2, -0.15) is 18.3 Å². The Bertz CT molecular complexity index is 1040. The molecule has 0 radical (unpaired) electrons. The molecule has 0 amide bonds. The molecule has 1 aromatic heterocycles. The summed E-state index contributed by atoms with van der Waals surface area (Å²) in [6, 6.07) is 9.89. The molecule has 0 saturated heterocycles. The molecule has 0 spiro atoms. The van der Waals surface area contributed by atoms with Crippen LogP contribution in [0.5, 0.6) is 5.75 Å². The second-order valence-corrected chi connectivity index (χ2v) is 8.33. The van der Waals surface area contributed by atoms with Gasteiger partial charge in [-0.15, -0.1) is 0 Å². The summed E-state index contributed by atoms with van der Waals surface area (Å²) in [4.78, 5) is 0. The smallest absolute Gasteiger partial charge is 0.418 e. The number of aromatic nitrogens is 2. The van der Waals surface area contributed by atoms with Crippen LogP contribution in [0.3, 0.4) is 0 Å². The molecule has 30 heavy (non-hydrogen) atoms. The van der Waals surface area contributed by atoms with E-state index in [4.69, 9.17) is 16.3 Å². The van der Waals surface area contributed by atoms with Crippen molar-refractivity contribution in [3.8, 4) is 5.75 Å². The topological polar surface area (TPSA) is 70.2 Å². The van der Waals surface area contributed by atoms with Gasteiger partial charge in [0.05, 0.1) is 25.4 Å². The number of hydrogen-bond donors (Lipinski definition) is 3. The highest BCUT2D eigenvalue weighted by molar-refractivity contribution is 6.31. The maximum absolute atomic E-state index is 14.0. The number of anilines is 1. The number of aliphatic hydroxyl groups is 1. The van der Waals surface area contributed by atoms with E-state index in [2.05, 4.69) is 15.5 Å². The number of benzene rings is 2. The summed E-state index contributed by atoms with van der Waals surface area (Å²) in [6.07, 6.45) is -3.93. The summed E-state index contributed by atoms with van der Waals surface area (Å²) in [7, 11) is 1.48. The lowest BCUT2D eigenvalue weighted by molar-refractivity contribution is -0.260. The summed E-state index contributed by atoms with van der Waals surface area (Å²) in [5.74, 6) is 0.500. The Kier molecular flexibility index (Phi) is 5.93. The number of hydrogen-bond acceptors (Lipinski definition) is 4. The van der Waals surface area contributed by atoms with Gasteiger partial charge >= 0.3 is 6.18 Å². The molecule has 0 saturated carbocycles. The van der Waals surface area contributed by atoms with E-state index in [-0.39, 0.29) is 5.02 Å². The van der Waals surface area contributed by atoms with Crippen molar-refractivity contribution in [1.29, 1.82) is 0 Å². The van der Waals surface area contributed by atoms with E-state index in [9.17, 15) is 18.3 Å². The third kappa shape index (κ3) is 4.34.